The third-order valence-corrected chi connectivity index (χ3v) is 3.61. The molecule has 94 valence electrons. The second-order valence-electron chi connectivity index (χ2n) is 4.41. The molecule has 0 radical (unpaired) electrons. The van der Waals surface area contributed by atoms with E-state index in [0.29, 0.717) is 6.04 Å². The molecule has 1 saturated carbocycles. The van der Waals surface area contributed by atoms with Crippen molar-refractivity contribution in [2.24, 2.45) is 5.92 Å². The molecule has 1 aliphatic rings. The van der Waals surface area contributed by atoms with Crippen molar-refractivity contribution >= 4 is 23.4 Å². The van der Waals surface area contributed by atoms with Crippen molar-refractivity contribution in [3.63, 3.8) is 0 Å². The van der Waals surface area contributed by atoms with E-state index in [1.807, 2.05) is 19.4 Å². The van der Waals surface area contributed by atoms with Gasteiger partial charge in [-0.1, -0.05) is 25.1 Å². The number of thioether (sulfide) groups is 1. The molecular weight excluding hydrogens is 232 g/mol. The zero-order valence-corrected chi connectivity index (χ0v) is 11.5. The Morgan fingerprint density at radius 2 is 2.18 bits per heavy atom. The second-order valence-corrected chi connectivity index (χ2v) is 5.18. The van der Waals surface area contributed by atoms with Crippen LogP contribution in [0.2, 0.25) is 0 Å². The van der Waals surface area contributed by atoms with Crippen molar-refractivity contribution in [3.8, 4) is 0 Å². The smallest absolute Gasteiger partial charge is 0.191 e. The average molecular weight is 252 g/mol. The number of nitrogens with zero attached hydrogens (tertiary/aromatic N) is 2. The van der Waals surface area contributed by atoms with Crippen LogP contribution >= 0.6 is 11.8 Å². The van der Waals surface area contributed by atoms with Crippen LogP contribution in [0.5, 0.6) is 0 Å². The Morgan fingerprint density at radius 3 is 2.82 bits per heavy atom. The minimum absolute atomic E-state index is 0.615. The van der Waals surface area contributed by atoms with Crippen LogP contribution in [0, 0.1) is 5.92 Å². The zero-order valence-electron chi connectivity index (χ0n) is 10.7. The van der Waals surface area contributed by atoms with Gasteiger partial charge in [-0.3, -0.25) is 0 Å². The number of rotatable bonds is 6. The first-order valence-electron chi connectivity index (χ1n) is 6.14. The van der Waals surface area contributed by atoms with Crippen molar-refractivity contribution < 1.29 is 0 Å². The maximum absolute atomic E-state index is 4.48. The van der Waals surface area contributed by atoms with E-state index < -0.39 is 0 Å². The van der Waals surface area contributed by atoms with Gasteiger partial charge in [-0.15, -0.1) is 0 Å². The normalized spacial score (nSPS) is 22.3. The van der Waals surface area contributed by atoms with E-state index in [-0.39, 0.29) is 0 Å². The van der Waals surface area contributed by atoms with Crippen LogP contribution in [-0.4, -0.2) is 29.3 Å². The van der Waals surface area contributed by atoms with E-state index in [1.165, 1.54) is 19.3 Å². The van der Waals surface area contributed by atoms with Gasteiger partial charge in [0.25, 0.3) is 0 Å². The van der Waals surface area contributed by atoms with Gasteiger partial charge in [0.1, 0.15) is 11.6 Å². The SMILES string of the molecule is CCCC1CC1Nc1cc(NC)nc(SC)n1. The Labute approximate surface area is 107 Å². The molecule has 0 spiro atoms. The van der Waals surface area contributed by atoms with Crippen LogP contribution in [0.25, 0.3) is 0 Å². The van der Waals surface area contributed by atoms with Gasteiger partial charge >= 0.3 is 0 Å². The monoisotopic (exact) mass is 252 g/mol. The van der Waals surface area contributed by atoms with Gasteiger partial charge in [0.05, 0.1) is 0 Å². The summed E-state index contributed by atoms with van der Waals surface area (Å²) in [6.07, 6.45) is 5.86. The predicted molar refractivity (Wildman–Crippen MR) is 73.8 cm³/mol. The molecule has 1 aromatic heterocycles. The Hall–Kier alpha value is -0.970. The van der Waals surface area contributed by atoms with Gasteiger partial charge in [-0.05, 0) is 25.0 Å². The molecule has 0 bridgehead atoms. The fraction of sp³-hybridized carbons (Fsp3) is 0.667. The highest BCUT2D eigenvalue weighted by Gasteiger charge is 2.36. The summed E-state index contributed by atoms with van der Waals surface area (Å²) in [6, 6.07) is 2.59. The molecule has 2 unspecified atom stereocenters. The average Bonchev–Trinajstić information content (AvgIpc) is 3.07. The largest absolute Gasteiger partial charge is 0.373 e. The summed E-state index contributed by atoms with van der Waals surface area (Å²) in [5.74, 6) is 2.66. The minimum atomic E-state index is 0.615. The molecule has 0 aliphatic heterocycles. The van der Waals surface area contributed by atoms with Crippen LogP contribution in [-0.2, 0) is 0 Å². The first-order chi connectivity index (χ1) is 8.26. The molecule has 2 rings (SSSR count). The number of hydrogen-bond acceptors (Lipinski definition) is 5. The highest BCUT2D eigenvalue weighted by Crippen LogP contribution is 2.37. The molecule has 4 nitrogen and oxygen atoms in total. The first kappa shape index (κ1) is 12.5. The summed E-state index contributed by atoms with van der Waals surface area (Å²) in [6.45, 7) is 2.24. The van der Waals surface area contributed by atoms with Crippen molar-refractivity contribution in [3.05, 3.63) is 6.07 Å². The van der Waals surface area contributed by atoms with Gasteiger partial charge in [-0.25, -0.2) is 9.97 Å². The lowest BCUT2D eigenvalue weighted by Gasteiger charge is -2.08. The molecule has 1 aliphatic carbocycles. The Morgan fingerprint density at radius 1 is 1.41 bits per heavy atom. The van der Waals surface area contributed by atoms with Gasteiger partial charge in [0.15, 0.2) is 5.16 Å². The van der Waals surface area contributed by atoms with E-state index in [9.17, 15) is 0 Å². The van der Waals surface area contributed by atoms with Crippen molar-refractivity contribution in [2.75, 3.05) is 23.9 Å². The second kappa shape index (κ2) is 5.58. The quantitative estimate of drug-likeness (QED) is 0.602. The van der Waals surface area contributed by atoms with Crippen LogP contribution in [0.1, 0.15) is 26.2 Å². The van der Waals surface area contributed by atoms with Crippen LogP contribution in [0.15, 0.2) is 11.2 Å². The number of nitrogens with one attached hydrogen (secondary N) is 2. The van der Waals surface area contributed by atoms with E-state index >= 15 is 0 Å². The Bertz CT molecular complexity index is 361. The van der Waals surface area contributed by atoms with Crippen molar-refractivity contribution in [1.29, 1.82) is 0 Å². The molecule has 1 heterocycles. The number of anilines is 2. The summed E-state index contributed by atoms with van der Waals surface area (Å²) in [7, 11) is 1.88. The van der Waals surface area contributed by atoms with E-state index in [1.54, 1.807) is 11.8 Å². The minimum Gasteiger partial charge on any atom is -0.373 e. The molecule has 1 aromatic rings. The van der Waals surface area contributed by atoms with E-state index in [4.69, 9.17) is 0 Å². The third kappa shape index (κ3) is 3.25. The maximum Gasteiger partial charge on any atom is 0.191 e. The van der Waals surface area contributed by atoms with E-state index in [2.05, 4.69) is 27.5 Å². The zero-order chi connectivity index (χ0) is 12.3. The van der Waals surface area contributed by atoms with Gasteiger partial charge in [-0.2, -0.15) is 0 Å². The lowest BCUT2D eigenvalue weighted by Crippen LogP contribution is -2.08. The molecule has 0 saturated heterocycles. The summed E-state index contributed by atoms with van der Waals surface area (Å²) < 4.78 is 0. The van der Waals surface area contributed by atoms with Gasteiger partial charge < -0.3 is 10.6 Å². The fourth-order valence-electron chi connectivity index (χ4n) is 2.02. The van der Waals surface area contributed by atoms with E-state index in [0.717, 1.165) is 22.7 Å². The van der Waals surface area contributed by atoms with Gasteiger partial charge in [0, 0.05) is 19.2 Å². The molecule has 0 amide bonds. The summed E-state index contributed by atoms with van der Waals surface area (Å²) >= 11 is 1.57. The van der Waals surface area contributed by atoms with Crippen molar-refractivity contribution in [1.82, 2.24) is 9.97 Å². The predicted octanol–water partition coefficient (Wildman–Crippen LogP) is 2.84. The summed E-state index contributed by atoms with van der Waals surface area (Å²) in [4.78, 5) is 8.83. The Balaban J connectivity index is 2.00. The third-order valence-electron chi connectivity index (χ3n) is 3.06. The lowest BCUT2D eigenvalue weighted by molar-refractivity contribution is 0.691. The number of hydrogen-bond donors (Lipinski definition) is 2. The molecule has 2 atom stereocenters. The number of aromatic nitrogens is 2. The first-order valence-corrected chi connectivity index (χ1v) is 7.36. The van der Waals surface area contributed by atoms with Crippen molar-refractivity contribution in [2.45, 2.75) is 37.4 Å². The highest BCUT2D eigenvalue weighted by atomic mass is 32.2. The molecule has 1 fully saturated rings. The fourth-order valence-corrected chi connectivity index (χ4v) is 2.40. The topological polar surface area (TPSA) is 49.8 Å². The molecule has 0 aromatic carbocycles. The van der Waals surface area contributed by atoms with Gasteiger partial charge in [0.2, 0.25) is 0 Å². The summed E-state index contributed by atoms with van der Waals surface area (Å²) in [5, 5.41) is 7.38. The summed E-state index contributed by atoms with van der Waals surface area (Å²) in [5.41, 5.74) is 0. The molecular formula is C12H20N4S. The highest BCUT2D eigenvalue weighted by molar-refractivity contribution is 7.98. The van der Waals surface area contributed by atoms with Crippen LogP contribution in [0.3, 0.4) is 0 Å². The van der Waals surface area contributed by atoms with Crippen LogP contribution < -0.4 is 10.6 Å². The lowest BCUT2D eigenvalue weighted by atomic mass is 10.2. The maximum atomic E-state index is 4.48. The Kier molecular flexibility index (Phi) is 4.10. The standard InChI is InChI=1S/C12H20N4S/c1-4-5-8-6-9(8)14-11-7-10(13-2)15-12(16-11)17-3/h7-9H,4-6H2,1-3H3,(H2,13,14,15,16). The molecule has 5 heteroatoms. The van der Waals surface area contributed by atoms with Crippen LogP contribution in [0.4, 0.5) is 11.6 Å². The molecule has 2 N–H and O–H groups in total. The molecule has 17 heavy (non-hydrogen) atoms.